The highest BCUT2D eigenvalue weighted by atomic mass is 35.5. The molecule has 3 heterocycles. The van der Waals surface area contributed by atoms with E-state index in [1.165, 1.54) is 0 Å². The van der Waals surface area contributed by atoms with Crippen molar-refractivity contribution in [3.63, 3.8) is 0 Å². The van der Waals surface area contributed by atoms with Crippen LogP contribution < -0.4 is 5.56 Å². The summed E-state index contributed by atoms with van der Waals surface area (Å²) in [7, 11) is 0. The van der Waals surface area contributed by atoms with Crippen LogP contribution in [0.2, 0.25) is 5.02 Å². The summed E-state index contributed by atoms with van der Waals surface area (Å²) in [6, 6.07) is 14.9. The molecule has 0 saturated carbocycles. The fourth-order valence-corrected chi connectivity index (χ4v) is 4.09. The molecule has 1 amide bonds. The fraction of sp³-hybridized carbons (Fsp3) is 0.227. The number of nitrogens with zero attached hydrogens (tertiary/aromatic N) is 3. The molecule has 0 radical (unpaired) electrons. The second-order valence-corrected chi connectivity index (χ2v) is 7.95. The summed E-state index contributed by atoms with van der Waals surface area (Å²) in [6.45, 7) is 3.22. The Labute approximate surface area is 177 Å². The molecule has 1 fully saturated rings. The average molecular weight is 422 g/mol. The van der Waals surface area contributed by atoms with Gasteiger partial charge in [-0.05, 0) is 30.3 Å². The molecule has 0 aliphatic carbocycles. The molecule has 2 N–H and O–H groups in total. The van der Waals surface area contributed by atoms with Gasteiger partial charge in [-0.1, -0.05) is 29.8 Å². The summed E-state index contributed by atoms with van der Waals surface area (Å²) < 4.78 is 0. The van der Waals surface area contributed by atoms with Crippen molar-refractivity contribution in [3.8, 4) is 0 Å². The summed E-state index contributed by atoms with van der Waals surface area (Å²) in [5.41, 5.74) is 2.02. The van der Waals surface area contributed by atoms with Crippen molar-refractivity contribution in [1.29, 1.82) is 0 Å². The molecule has 5 rings (SSSR count). The number of H-pyrrole nitrogens is 2. The molecule has 0 spiro atoms. The van der Waals surface area contributed by atoms with E-state index in [-0.39, 0.29) is 11.5 Å². The normalized spacial score (nSPS) is 15.2. The highest BCUT2D eigenvalue weighted by Gasteiger charge is 2.23. The third-order valence-electron chi connectivity index (χ3n) is 5.51. The lowest BCUT2D eigenvalue weighted by molar-refractivity contribution is 0.0620. The van der Waals surface area contributed by atoms with E-state index < -0.39 is 0 Å². The molecule has 30 heavy (non-hydrogen) atoms. The number of nitrogens with one attached hydrogen (secondary N) is 2. The summed E-state index contributed by atoms with van der Waals surface area (Å²) >= 11 is 5.97. The van der Waals surface area contributed by atoms with Gasteiger partial charge in [0.25, 0.3) is 11.5 Å². The number of halogens is 1. The van der Waals surface area contributed by atoms with Crippen LogP contribution in [0.5, 0.6) is 0 Å². The van der Waals surface area contributed by atoms with Gasteiger partial charge >= 0.3 is 0 Å². The first-order valence-corrected chi connectivity index (χ1v) is 10.2. The molecule has 1 aliphatic rings. The van der Waals surface area contributed by atoms with Crippen molar-refractivity contribution in [2.45, 2.75) is 6.54 Å². The number of piperazine rings is 1. The van der Waals surface area contributed by atoms with Crippen molar-refractivity contribution in [2.24, 2.45) is 0 Å². The number of aromatic nitrogens is 3. The van der Waals surface area contributed by atoms with Crippen LogP contribution in [0.4, 0.5) is 0 Å². The Morgan fingerprint density at radius 3 is 2.63 bits per heavy atom. The number of rotatable bonds is 3. The van der Waals surface area contributed by atoms with E-state index in [4.69, 9.17) is 11.6 Å². The lowest BCUT2D eigenvalue weighted by atomic mass is 10.2. The van der Waals surface area contributed by atoms with Crippen molar-refractivity contribution >= 4 is 39.3 Å². The third kappa shape index (κ3) is 3.58. The molecule has 2 aromatic carbocycles. The third-order valence-corrected chi connectivity index (χ3v) is 5.74. The maximum Gasteiger partial charge on any atom is 0.270 e. The molecule has 1 saturated heterocycles. The Morgan fingerprint density at radius 2 is 1.83 bits per heavy atom. The maximum atomic E-state index is 12.9. The van der Waals surface area contributed by atoms with Crippen LogP contribution in [0, 0.1) is 0 Å². The SMILES string of the molecule is O=C(c1cc2ccccc2[nH]1)N1CCN(Cc2nc3ccc(Cl)cc3c(=O)[nH]2)CC1. The number of amides is 1. The standard InChI is InChI=1S/C22H20ClN5O2/c23-15-5-6-18-16(12-15)21(29)26-20(25-18)13-27-7-9-28(10-8-27)22(30)19-11-14-3-1-2-4-17(14)24-19/h1-6,11-12,24H,7-10,13H2,(H,25,26,29). The van der Waals surface area contributed by atoms with Crippen molar-refractivity contribution in [3.05, 3.63) is 75.4 Å². The smallest absolute Gasteiger partial charge is 0.270 e. The average Bonchev–Trinajstić information content (AvgIpc) is 3.19. The van der Waals surface area contributed by atoms with E-state index in [1.807, 2.05) is 35.2 Å². The molecular weight excluding hydrogens is 402 g/mol. The predicted octanol–water partition coefficient (Wildman–Crippen LogP) is 3.02. The minimum absolute atomic E-state index is 0.0139. The molecule has 0 unspecified atom stereocenters. The second-order valence-electron chi connectivity index (χ2n) is 7.51. The Kier molecular flexibility index (Phi) is 4.77. The van der Waals surface area contributed by atoms with Gasteiger partial charge in [0.1, 0.15) is 11.5 Å². The quantitative estimate of drug-likeness (QED) is 0.532. The van der Waals surface area contributed by atoms with Crippen molar-refractivity contribution < 1.29 is 4.79 Å². The second kappa shape index (κ2) is 7.59. The Hall–Kier alpha value is -3.16. The molecule has 0 atom stereocenters. The van der Waals surface area contributed by atoms with Gasteiger partial charge in [0.15, 0.2) is 0 Å². The van der Waals surface area contributed by atoms with Gasteiger partial charge in [0.2, 0.25) is 0 Å². The number of para-hydroxylation sites is 1. The predicted molar refractivity (Wildman–Crippen MR) is 117 cm³/mol. The van der Waals surface area contributed by atoms with Crippen LogP contribution in [0.15, 0.2) is 53.3 Å². The van der Waals surface area contributed by atoms with E-state index in [1.54, 1.807) is 18.2 Å². The summed E-state index contributed by atoms with van der Waals surface area (Å²) in [5.74, 6) is 0.630. The molecular formula is C22H20ClN5O2. The highest BCUT2D eigenvalue weighted by Crippen LogP contribution is 2.18. The molecule has 8 heteroatoms. The zero-order chi connectivity index (χ0) is 20.7. The zero-order valence-electron chi connectivity index (χ0n) is 16.2. The van der Waals surface area contributed by atoms with Gasteiger partial charge in [-0.25, -0.2) is 4.98 Å². The lowest BCUT2D eigenvalue weighted by Crippen LogP contribution is -2.48. The summed E-state index contributed by atoms with van der Waals surface area (Å²) in [4.78, 5) is 39.9. The molecule has 7 nitrogen and oxygen atoms in total. The Bertz CT molecular complexity index is 1270. The van der Waals surface area contributed by atoms with E-state index in [0.29, 0.717) is 60.2 Å². The highest BCUT2D eigenvalue weighted by molar-refractivity contribution is 6.31. The number of carbonyl (C=O) groups is 1. The van der Waals surface area contributed by atoms with Gasteiger partial charge in [-0.15, -0.1) is 0 Å². The fourth-order valence-electron chi connectivity index (χ4n) is 3.91. The Balaban J connectivity index is 1.26. The summed E-state index contributed by atoms with van der Waals surface area (Å²) in [5, 5.41) is 2.03. The van der Waals surface area contributed by atoms with Crippen LogP contribution in [-0.2, 0) is 6.54 Å². The first-order valence-electron chi connectivity index (χ1n) is 9.85. The topological polar surface area (TPSA) is 85.1 Å². The molecule has 0 bridgehead atoms. The number of fused-ring (bicyclic) bond motifs is 2. The minimum Gasteiger partial charge on any atom is -0.351 e. The largest absolute Gasteiger partial charge is 0.351 e. The molecule has 2 aromatic heterocycles. The monoisotopic (exact) mass is 421 g/mol. The van der Waals surface area contributed by atoms with Gasteiger partial charge in [0, 0.05) is 42.1 Å². The van der Waals surface area contributed by atoms with Crippen LogP contribution in [-0.4, -0.2) is 56.8 Å². The first kappa shape index (κ1) is 18.8. The van der Waals surface area contributed by atoms with E-state index in [2.05, 4.69) is 19.9 Å². The van der Waals surface area contributed by atoms with Gasteiger partial charge in [0.05, 0.1) is 17.4 Å². The van der Waals surface area contributed by atoms with Crippen LogP contribution in [0.3, 0.4) is 0 Å². The lowest BCUT2D eigenvalue weighted by Gasteiger charge is -2.34. The van der Waals surface area contributed by atoms with Gasteiger partial charge in [-0.2, -0.15) is 0 Å². The maximum absolute atomic E-state index is 12.9. The van der Waals surface area contributed by atoms with Crippen molar-refractivity contribution in [1.82, 2.24) is 24.8 Å². The van der Waals surface area contributed by atoms with Crippen LogP contribution >= 0.6 is 11.6 Å². The molecule has 152 valence electrons. The number of carbonyl (C=O) groups excluding carboxylic acids is 1. The van der Waals surface area contributed by atoms with E-state index in [0.717, 1.165) is 10.9 Å². The van der Waals surface area contributed by atoms with Crippen LogP contribution in [0.25, 0.3) is 21.8 Å². The summed E-state index contributed by atoms with van der Waals surface area (Å²) in [6.07, 6.45) is 0. The number of hydrogen-bond donors (Lipinski definition) is 2. The van der Waals surface area contributed by atoms with E-state index in [9.17, 15) is 9.59 Å². The van der Waals surface area contributed by atoms with E-state index >= 15 is 0 Å². The minimum atomic E-state index is -0.190. The van der Waals surface area contributed by atoms with Gasteiger partial charge in [-0.3, -0.25) is 14.5 Å². The molecule has 4 aromatic rings. The first-order chi connectivity index (χ1) is 14.6. The van der Waals surface area contributed by atoms with Gasteiger partial charge < -0.3 is 14.9 Å². The number of hydrogen-bond acceptors (Lipinski definition) is 4. The Morgan fingerprint density at radius 1 is 1.03 bits per heavy atom. The molecule has 1 aliphatic heterocycles. The number of aromatic amines is 2. The van der Waals surface area contributed by atoms with Crippen molar-refractivity contribution in [2.75, 3.05) is 26.2 Å². The number of benzene rings is 2. The van der Waals surface area contributed by atoms with Crippen LogP contribution in [0.1, 0.15) is 16.3 Å². The zero-order valence-corrected chi connectivity index (χ0v) is 16.9.